The Labute approximate surface area is 42.3 Å². The summed E-state index contributed by atoms with van der Waals surface area (Å²) in [4.78, 5) is 0. The van der Waals surface area contributed by atoms with Crippen LogP contribution in [0.2, 0.25) is 0 Å². The van der Waals surface area contributed by atoms with Crippen LogP contribution in [0.5, 0.6) is 0 Å². The zero-order valence-corrected chi connectivity index (χ0v) is 3.85. The van der Waals surface area contributed by atoms with Crippen LogP contribution in [0.25, 0.3) is 0 Å². The maximum atomic E-state index is 3.47. The van der Waals surface area contributed by atoms with Crippen molar-refractivity contribution in [2.45, 2.75) is 0 Å². The van der Waals surface area contributed by atoms with E-state index in [9.17, 15) is 0 Å². The lowest BCUT2D eigenvalue weighted by atomic mass is 10.7. The van der Waals surface area contributed by atoms with Gasteiger partial charge in [0.15, 0.2) is 0 Å². The van der Waals surface area contributed by atoms with Gasteiger partial charge in [0.1, 0.15) is 0 Å². The average molecular weight is 104 g/mol. The summed E-state index contributed by atoms with van der Waals surface area (Å²) < 4.78 is 0. The molecule has 6 heavy (non-hydrogen) atoms. The normalized spacial score (nSPS) is 13.3. The Balaban J connectivity index is 0.000000250. The van der Waals surface area contributed by atoms with Gasteiger partial charge in [-0.25, -0.2) is 0 Å². The van der Waals surface area contributed by atoms with Gasteiger partial charge in [0, 0.05) is 0 Å². The Morgan fingerprint density at radius 2 is 2.17 bits per heavy atom. The van der Waals surface area contributed by atoms with E-state index in [4.69, 9.17) is 0 Å². The second-order valence-electron chi connectivity index (χ2n) is 0.722. The largest absolute Gasteiger partial charge is 0.159 e. The minimum absolute atomic E-state index is 0. The first-order valence-electron chi connectivity index (χ1n) is 1.38. The van der Waals surface area contributed by atoms with Crippen LogP contribution in [-0.4, -0.2) is 6.21 Å². The molecule has 0 saturated heterocycles. The van der Waals surface area contributed by atoms with Gasteiger partial charge in [0.05, 0.1) is 12.4 Å². The molecule has 1 rings (SSSR count). The highest BCUT2D eigenvalue weighted by Crippen LogP contribution is 1.73. The van der Waals surface area contributed by atoms with Crippen molar-refractivity contribution in [2.75, 3.05) is 0 Å². The van der Waals surface area contributed by atoms with Crippen molar-refractivity contribution in [3.05, 3.63) is 12.3 Å². The smallest absolute Gasteiger partial charge is 0.0511 e. The van der Waals surface area contributed by atoms with Gasteiger partial charge in [0.2, 0.25) is 0 Å². The Morgan fingerprint density at radius 3 is 2.33 bits per heavy atom. The molecule has 1 radical (unpaired) electrons. The number of rotatable bonds is 0. The molecule has 0 aromatic rings. The fourth-order valence-electron chi connectivity index (χ4n) is 0.192. The van der Waals surface area contributed by atoms with Crippen molar-refractivity contribution in [1.29, 1.82) is 0 Å². The highest BCUT2D eigenvalue weighted by Gasteiger charge is 1.72. The summed E-state index contributed by atoms with van der Waals surface area (Å²) in [6.07, 6.45) is 5.06. The van der Waals surface area contributed by atoms with E-state index in [2.05, 4.69) is 10.5 Å². The number of hydrogen-bond acceptors (Lipinski definition) is 1. The van der Waals surface area contributed by atoms with Crippen LogP contribution in [0.1, 0.15) is 0 Å². The van der Waals surface area contributed by atoms with E-state index in [1.807, 2.05) is 0 Å². The molecule has 0 atom stereocenters. The van der Waals surface area contributed by atoms with Gasteiger partial charge in [-0.1, -0.05) is 0 Å². The molecule has 0 N–H and O–H groups in total. The van der Waals surface area contributed by atoms with E-state index in [1.165, 1.54) is 0 Å². The average Bonchev–Trinajstić information content (AvgIpc) is 1.76. The summed E-state index contributed by atoms with van der Waals surface area (Å²) in [5.41, 5.74) is 3.47. The molecular weight excluding hydrogens is 99.5 g/mol. The standard InChI is InChI=1S/C3H3N2.ClH/c1-2-4-5-3-1;/h1-3H;1H. The maximum absolute atomic E-state index is 3.47. The third-order valence-electron chi connectivity index (χ3n) is 0.372. The summed E-state index contributed by atoms with van der Waals surface area (Å²) in [5, 5.41) is 3.47. The maximum Gasteiger partial charge on any atom is 0.0511 e. The summed E-state index contributed by atoms with van der Waals surface area (Å²) in [6.45, 7) is 0. The Morgan fingerprint density at radius 1 is 1.33 bits per heavy atom. The molecule has 33 valence electrons. The predicted octanol–water partition coefficient (Wildman–Crippen LogP) is 0.526. The molecule has 0 spiro atoms. The first kappa shape index (κ1) is 5.50. The van der Waals surface area contributed by atoms with Crippen molar-refractivity contribution in [3.8, 4) is 0 Å². The lowest BCUT2D eigenvalue weighted by Crippen LogP contribution is -1.69. The van der Waals surface area contributed by atoms with Crippen molar-refractivity contribution in [2.24, 2.45) is 5.10 Å². The molecule has 0 aliphatic carbocycles. The van der Waals surface area contributed by atoms with E-state index in [-0.39, 0.29) is 12.4 Å². The lowest BCUT2D eigenvalue weighted by Gasteiger charge is -1.62. The fraction of sp³-hybridized carbons (Fsp3) is 0. The molecule has 0 bridgehead atoms. The van der Waals surface area contributed by atoms with E-state index < -0.39 is 0 Å². The predicted molar refractivity (Wildman–Crippen MR) is 27.0 cm³/mol. The van der Waals surface area contributed by atoms with Crippen LogP contribution in [-0.2, 0) is 0 Å². The molecule has 1 aliphatic rings. The molecule has 1 aliphatic heterocycles. The lowest BCUT2D eigenvalue weighted by molar-refractivity contribution is 0.977. The van der Waals surface area contributed by atoms with E-state index in [0.29, 0.717) is 0 Å². The molecule has 0 amide bonds. The second-order valence-corrected chi connectivity index (χ2v) is 0.722. The van der Waals surface area contributed by atoms with Crippen molar-refractivity contribution >= 4 is 18.6 Å². The zero-order valence-electron chi connectivity index (χ0n) is 3.03. The summed E-state index contributed by atoms with van der Waals surface area (Å²) in [7, 11) is 0. The van der Waals surface area contributed by atoms with Crippen LogP contribution in [0.3, 0.4) is 0 Å². The summed E-state index contributed by atoms with van der Waals surface area (Å²) in [5.74, 6) is 0. The third-order valence-corrected chi connectivity index (χ3v) is 0.372. The van der Waals surface area contributed by atoms with Crippen molar-refractivity contribution in [1.82, 2.24) is 5.43 Å². The molecule has 3 heteroatoms. The molecule has 0 aromatic carbocycles. The van der Waals surface area contributed by atoms with Gasteiger partial charge in [-0.2, -0.15) is 10.5 Å². The van der Waals surface area contributed by atoms with Crippen molar-refractivity contribution < 1.29 is 0 Å². The number of hydrogen-bond donors (Lipinski definition) is 0. The van der Waals surface area contributed by atoms with Crippen LogP contribution < -0.4 is 5.43 Å². The fourth-order valence-corrected chi connectivity index (χ4v) is 0.192. The molecular formula is C3H4ClN2. The highest BCUT2D eigenvalue weighted by molar-refractivity contribution is 5.85. The molecule has 0 aromatic heterocycles. The number of allylic oxidation sites excluding steroid dienone is 1. The van der Waals surface area contributed by atoms with Gasteiger partial charge in [0.25, 0.3) is 0 Å². The van der Waals surface area contributed by atoms with E-state index in [1.54, 1.807) is 18.5 Å². The second kappa shape index (κ2) is 2.72. The SMILES string of the molecule is C1=C[N]N=C1.Cl. The summed E-state index contributed by atoms with van der Waals surface area (Å²) in [6, 6.07) is 0. The van der Waals surface area contributed by atoms with Crippen molar-refractivity contribution in [3.63, 3.8) is 0 Å². The van der Waals surface area contributed by atoms with Gasteiger partial charge in [-0.3, -0.25) is 0 Å². The van der Waals surface area contributed by atoms with Crippen LogP contribution in [0, 0.1) is 0 Å². The van der Waals surface area contributed by atoms with Gasteiger partial charge in [-0.15, -0.1) is 12.4 Å². The topological polar surface area (TPSA) is 26.5 Å². The van der Waals surface area contributed by atoms with Gasteiger partial charge in [-0.05, 0) is 6.08 Å². The first-order chi connectivity index (χ1) is 2.50. The highest BCUT2D eigenvalue weighted by atomic mass is 35.5. The Kier molecular flexibility index (Phi) is 2.50. The third kappa shape index (κ3) is 1.08. The van der Waals surface area contributed by atoms with E-state index in [0.717, 1.165) is 0 Å². The number of nitrogens with zero attached hydrogens (tertiary/aromatic N) is 2. The van der Waals surface area contributed by atoms with Gasteiger partial charge >= 0.3 is 0 Å². The summed E-state index contributed by atoms with van der Waals surface area (Å²) >= 11 is 0. The molecule has 0 unspecified atom stereocenters. The minimum atomic E-state index is 0. The van der Waals surface area contributed by atoms with Crippen LogP contribution in [0.15, 0.2) is 17.4 Å². The monoisotopic (exact) mass is 103 g/mol. The molecule has 0 saturated carbocycles. The number of halogens is 1. The quantitative estimate of drug-likeness (QED) is 0.428. The van der Waals surface area contributed by atoms with Crippen LogP contribution in [0.4, 0.5) is 0 Å². The van der Waals surface area contributed by atoms with E-state index >= 15 is 0 Å². The first-order valence-corrected chi connectivity index (χ1v) is 1.38. The van der Waals surface area contributed by atoms with Gasteiger partial charge < -0.3 is 0 Å². The molecule has 0 fully saturated rings. The minimum Gasteiger partial charge on any atom is -0.159 e. The molecule has 2 nitrogen and oxygen atoms in total. The molecule has 1 heterocycles. The Bertz CT molecular complexity index is 66.9. The Hall–Kier alpha value is -0.500. The zero-order chi connectivity index (χ0) is 3.54. The van der Waals surface area contributed by atoms with Crippen LogP contribution >= 0.6 is 12.4 Å².